The molecule has 6 aromatic carbocycles. The summed E-state index contributed by atoms with van der Waals surface area (Å²) in [5.41, 5.74) is 17.4. The van der Waals surface area contributed by atoms with Gasteiger partial charge >= 0.3 is 0 Å². The molecular formula is C74H92N6. The highest BCUT2D eigenvalue weighted by Crippen LogP contribution is 2.40. The van der Waals surface area contributed by atoms with Crippen molar-refractivity contribution in [3.8, 4) is 79.5 Å². The lowest BCUT2D eigenvalue weighted by Crippen LogP contribution is -2.17. The van der Waals surface area contributed by atoms with Crippen LogP contribution in [0.5, 0.6) is 0 Å². The van der Waals surface area contributed by atoms with Crippen LogP contribution in [-0.2, 0) is 43.3 Å². The molecule has 418 valence electrons. The fourth-order valence-corrected chi connectivity index (χ4v) is 9.64. The molecule has 2 heterocycles. The van der Waals surface area contributed by atoms with Crippen molar-refractivity contribution in [3.63, 3.8) is 0 Å². The molecule has 0 spiro atoms. The van der Waals surface area contributed by atoms with Crippen LogP contribution >= 0.6 is 0 Å². The first-order valence-electron chi connectivity index (χ1n) is 29.0. The summed E-state index contributed by atoms with van der Waals surface area (Å²) in [4.78, 5) is 32.0. The minimum atomic E-state index is -0.0766. The summed E-state index contributed by atoms with van der Waals surface area (Å²) in [6.45, 7) is 54.5. The molecule has 80 heavy (non-hydrogen) atoms. The maximum Gasteiger partial charge on any atom is 0.164 e. The van der Waals surface area contributed by atoms with Crippen molar-refractivity contribution in [2.24, 2.45) is 0 Å². The van der Waals surface area contributed by atoms with E-state index in [1.54, 1.807) is 0 Å². The average molecular weight is 1070 g/mol. The number of hydrogen-bond acceptors (Lipinski definition) is 6. The lowest BCUT2D eigenvalue weighted by atomic mass is 9.79. The molecule has 0 aliphatic rings. The normalized spacial score (nSPS) is 13.2. The average Bonchev–Trinajstić information content (AvgIpc) is 3.52. The molecule has 0 saturated heterocycles. The minimum absolute atomic E-state index is 0.0766. The Morgan fingerprint density at radius 2 is 0.287 bits per heavy atom. The summed E-state index contributed by atoms with van der Waals surface area (Å²) in [7, 11) is 0. The molecule has 6 heteroatoms. The van der Waals surface area contributed by atoms with Gasteiger partial charge in [-0.25, -0.2) is 29.9 Å². The third-order valence-corrected chi connectivity index (χ3v) is 15.6. The molecule has 8 rings (SSSR count). The van der Waals surface area contributed by atoms with Crippen molar-refractivity contribution in [2.75, 3.05) is 0 Å². The van der Waals surface area contributed by atoms with Gasteiger partial charge in [0.25, 0.3) is 0 Å². The van der Waals surface area contributed by atoms with E-state index in [1.807, 2.05) is 0 Å². The van der Waals surface area contributed by atoms with Crippen LogP contribution in [0.1, 0.15) is 211 Å². The summed E-state index contributed by atoms with van der Waals surface area (Å²) >= 11 is 0. The molecule has 0 unspecified atom stereocenters. The topological polar surface area (TPSA) is 77.3 Å². The standard InChI is InChI=1S/C74H92N6/c1-67(2,3)53-33-49(34-54(41-53)68(4,5)6)63-75-61(76-64(79-63)50-35-55(69(7,8)9)42-56(36-50)70(10,11)12)47-29-25-45(26-30-47)46-27-31-48(32-28-46)62-77-65(51-37-57(71(13,14)15)43-58(38-51)72(16,17)18)80-66(78-62)52-39-59(73(19,20)21)44-60(40-52)74(22,23)24/h25-44H,1-24H3. The van der Waals surface area contributed by atoms with Crippen molar-refractivity contribution in [2.45, 2.75) is 209 Å². The number of benzene rings is 6. The molecule has 6 nitrogen and oxygen atoms in total. The molecule has 0 aliphatic heterocycles. The fourth-order valence-electron chi connectivity index (χ4n) is 9.64. The third-order valence-electron chi connectivity index (χ3n) is 15.6. The highest BCUT2D eigenvalue weighted by Gasteiger charge is 2.28. The zero-order valence-electron chi connectivity index (χ0n) is 53.2. The first kappa shape index (κ1) is 59.5. The molecular weight excluding hydrogens is 973 g/mol. The third kappa shape index (κ3) is 13.6. The van der Waals surface area contributed by atoms with Crippen molar-refractivity contribution < 1.29 is 0 Å². The number of nitrogens with zero attached hydrogens (tertiary/aromatic N) is 6. The van der Waals surface area contributed by atoms with E-state index < -0.39 is 0 Å². The predicted molar refractivity (Wildman–Crippen MR) is 341 cm³/mol. The Kier molecular flexibility index (Phi) is 15.4. The van der Waals surface area contributed by atoms with Crippen molar-refractivity contribution >= 4 is 0 Å². The van der Waals surface area contributed by atoms with Crippen LogP contribution < -0.4 is 0 Å². The highest BCUT2D eigenvalue weighted by atomic mass is 15.0. The van der Waals surface area contributed by atoms with Gasteiger partial charge in [0.15, 0.2) is 34.9 Å². The van der Waals surface area contributed by atoms with Gasteiger partial charge in [-0.05, 0) is 147 Å². The maximum atomic E-state index is 5.35. The Morgan fingerprint density at radius 3 is 0.425 bits per heavy atom. The van der Waals surface area contributed by atoms with Crippen LogP contribution in [-0.4, -0.2) is 29.9 Å². The summed E-state index contributed by atoms with van der Waals surface area (Å²) < 4.78 is 0. The lowest BCUT2D eigenvalue weighted by Gasteiger charge is -2.26. The Morgan fingerprint density at radius 1 is 0.163 bits per heavy atom. The summed E-state index contributed by atoms with van der Waals surface area (Å²) in [5.74, 6) is 3.93. The van der Waals surface area contributed by atoms with Crippen molar-refractivity contribution in [1.82, 2.24) is 29.9 Å². The van der Waals surface area contributed by atoms with Gasteiger partial charge in [-0.1, -0.05) is 239 Å². The molecule has 0 radical (unpaired) electrons. The van der Waals surface area contributed by atoms with Crippen molar-refractivity contribution in [1.29, 1.82) is 0 Å². The van der Waals surface area contributed by atoms with E-state index >= 15 is 0 Å². The number of hydrogen-bond donors (Lipinski definition) is 0. The second-order valence-electron chi connectivity index (χ2n) is 31.0. The van der Waals surface area contributed by atoms with Gasteiger partial charge in [-0.2, -0.15) is 0 Å². The maximum absolute atomic E-state index is 5.35. The summed E-state index contributed by atoms with van der Waals surface area (Å²) in [6.07, 6.45) is 0. The smallest absolute Gasteiger partial charge is 0.164 e. The van der Waals surface area contributed by atoms with Crippen LogP contribution in [0.2, 0.25) is 0 Å². The van der Waals surface area contributed by atoms with Crippen LogP contribution in [0.15, 0.2) is 121 Å². The predicted octanol–water partition coefficient (Wildman–Crippen LogP) is 20.1. The first-order chi connectivity index (χ1) is 36.6. The Balaban J connectivity index is 1.25. The minimum Gasteiger partial charge on any atom is -0.208 e. The van der Waals surface area contributed by atoms with Gasteiger partial charge in [0, 0.05) is 33.4 Å². The second-order valence-corrected chi connectivity index (χ2v) is 31.0. The zero-order chi connectivity index (χ0) is 59.1. The van der Waals surface area contributed by atoms with E-state index in [0.29, 0.717) is 34.9 Å². The van der Waals surface area contributed by atoms with E-state index in [9.17, 15) is 0 Å². The van der Waals surface area contributed by atoms with E-state index in [0.717, 1.165) is 44.5 Å². The van der Waals surface area contributed by atoms with Gasteiger partial charge in [-0.15, -0.1) is 0 Å². The molecule has 8 aromatic rings. The molecule has 0 atom stereocenters. The quantitative estimate of drug-likeness (QED) is 0.158. The van der Waals surface area contributed by atoms with Crippen LogP contribution in [0.4, 0.5) is 0 Å². The Hall–Kier alpha value is -6.66. The van der Waals surface area contributed by atoms with Crippen LogP contribution in [0.25, 0.3) is 79.5 Å². The zero-order valence-corrected chi connectivity index (χ0v) is 53.2. The lowest BCUT2D eigenvalue weighted by molar-refractivity contribution is 0.568. The molecule has 0 amide bonds. The molecule has 0 bridgehead atoms. The molecule has 0 fully saturated rings. The molecule has 2 aromatic heterocycles. The van der Waals surface area contributed by atoms with Crippen LogP contribution in [0, 0.1) is 0 Å². The SMILES string of the molecule is CC(C)(C)c1cc(-c2nc(-c3ccc(-c4ccc(-c5nc(-c6cc(C(C)(C)C)cc(C(C)(C)C)c6)nc(-c6cc(C(C)(C)C)cc(C(C)(C)C)c6)n5)cc4)cc3)nc(-c3cc(C(C)(C)C)cc(C(C)(C)C)c3)n2)cc(C(C)(C)C)c1. The Bertz CT molecular complexity index is 3020. The van der Waals surface area contributed by atoms with Gasteiger partial charge in [-0.3, -0.25) is 0 Å². The van der Waals surface area contributed by atoms with Crippen LogP contribution in [0.3, 0.4) is 0 Å². The van der Waals surface area contributed by atoms with E-state index in [-0.39, 0.29) is 43.3 Å². The number of rotatable bonds is 7. The van der Waals surface area contributed by atoms with Gasteiger partial charge in [0.2, 0.25) is 0 Å². The van der Waals surface area contributed by atoms with Gasteiger partial charge in [0.1, 0.15) is 0 Å². The molecule has 0 saturated carbocycles. The molecule has 0 aliphatic carbocycles. The first-order valence-corrected chi connectivity index (χ1v) is 29.0. The molecule has 0 N–H and O–H groups in total. The van der Waals surface area contributed by atoms with Crippen molar-refractivity contribution in [3.05, 3.63) is 166 Å². The monoisotopic (exact) mass is 1060 g/mol. The summed E-state index contributed by atoms with van der Waals surface area (Å²) in [6, 6.07) is 44.9. The fraction of sp³-hybridized carbons (Fsp3) is 0.432. The Labute approximate surface area is 482 Å². The van der Waals surface area contributed by atoms with Gasteiger partial charge < -0.3 is 0 Å². The van der Waals surface area contributed by atoms with E-state index in [4.69, 9.17) is 29.9 Å². The van der Waals surface area contributed by atoms with Gasteiger partial charge in [0.05, 0.1) is 0 Å². The number of aromatic nitrogens is 6. The summed E-state index contributed by atoms with van der Waals surface area (Å²) in [5, 5.41) is 0. The largest absolute Gasteiger partial charge is 0.208 e. The highest BCUT2D eigenvalue weighted by molar-refractivity contribution is 5.75. The van der Waals surface area contributed by atoms with E-state index in [2.05, 4.69) is 287 Å². The second kappa shape index (κ2) is 20.7. The van der Waals surface area contributed by atoms with E-state index in [1.165, 1.54) is 44.5 Å².